The van der Waals surface area contributed by atoms with E-state index in [2.05, 4.69) is 16.3 Å². The van der Waals surface area contributed by atoms with Crippen LogP contribution < -0.4 is 10.1 Å². The van der Waals surface area contributed by atoms with Crippen LogP contribution in [0.1, 0.15) is 44.7 Å². The van der Waals surface area contributed by atoms with Gasteiger partial charge in [0.15, 0.2) is 5.67 Å². The number of alkyl halides is 1. The summed E-state index contributed by atoms with van der Waals surface area (Å²) < 4.78 is 19.2. The largest absolute Gasteiger partial charge is 0.497 e. The number of carbonyl (C=O) groups is 1. The van der Waals surface area contributed by atoms with E-state index < -0.39 is 11.6 Å². The number of nitrogens with one attached hydrogen (secondary N) is 1. The average Bonchev–Trinajstić information content (AvgIpc) is 3.27. The lowest BCUT2D eigenvalue weighted by molar-refractivity contribution is -0.131. The fourth-order valence-corrected chi connectivity index (χ4v) is 3.37. The molecule has 0 unspecified atom stereocenters. The van der Waals surface area contributed by atoms with E-state index in [0.29, 0.717) is 6.04 Å². The van der Waals surface area contributed by atoms with Crippen LogP contribution in [-0.4, -0.2) is 42.2 Å². The topological polar surface area (TPSA) is 41.6 Å². The third kappa shape index (κ3) is 3.50. The number of halogens is 1. The highest BCUT2D eigenvalue weighted by molar-refractivity contribution is 5.84. The van der Waals surface area contributed by atoms with Crippen LogP contribution in [0.3, 0.4) is 0 Å². The zero-order chi connectivity index (χ0) is 16.6. The molecule has 1 aromatic carbocycles. The molecule has 2 atom stereocenters. The first kappa shape index (κ1) is 16.2. The van der Waals surface area contributed by atoms with Gasteiger partial charge in [-0.05, 0) is 50.8 Å². The Morgan fingerprint density at radius 1 is 1.35 bits per heavy atom. The molecule has 3 rings (SSSR count). The minimum absolute atomic E-state index is 0.0646. The van der Waals surface area contributed by atoms with Crippen molar-refractivity contribution in [3.05, 3.63) is 29.8 Å². The van der Waals surface area contributed by atoms with Crippen molar-refractivity contribution in [3.8, 4) is 5.75 Å². The molecule has 1 heterocycles. The average molecular weight is 320 g/mol. The molecule has 0 spiro atoms. The molecular formula is C18H25FN2O2. The highest BCUT2D eigenvalue weighted by atomic mass is 19.1. The van der Waals surface area contributed by atoms with Crippen molar-refractivity contribution in [1.29, 1.82) is 0 Å². The van der Waals surface area contributed by atoms with Gasteiger partial charge in [0.1, 0.15) is 5.75 Å². The first-order valence-electron chi connectivity index (χ1n) is 8.29. The number of carbonyl (C=O) groups excluding carboxylic acids is 1. The maximum atomic E-state index is 13.9. The molecule has 1 saturated heterocycles. The van der Waals surface area contributed by atoms with Gasteiger partial charge in [-0.15, -0.1) is 0 Å². The van der Waals surface area contributed by atoms with Gasteiger partial charge in [-0.2, -0.15) is 0 Å². The zero-order valence-electron chi connectivity index (χ0n) is 14.0. The molecule has 126 valence electrons. The molecule has 4 nitrogen and oxygen atoms in total. The van der Waals surface area contributed by atoms with Crippen molar-refractivity contribution in [2.45, 2.75) is 56.9 Å². The molecule has 1 aromatic rings. The Morgan fingerprint density at radius 3 is 2.70 bits per heavy atom. The second-order valence-corrected chi connectivity index (χ2v) is 7.03. The van der Waals surface area contributed by atoms with E-state index in [4.69, 9.17) is 4.74 Å². The van der Waals surface area contributed by atoms with Crippen molar-refractivity contribution in [2.75, 3.05) is 13.7 Å². The van der Waals surface area contributed by atoms with Crippen molar-refractivity contribution in [3.63, 3.8) is 0 Å². The van der Waals surface area contributed by atoms with Gasteiger partial charge in [0, 0.05) is 18.6 Å². The number of likely N-dealkylation sites (tertiary alicyclic amines) is 1. The molecule has 1 saturated carbocycles. The summed E-state index contributed by atoms with van der Waals surface area (Å²) in [5, 5.41) is 2.92. The van der Waals surface area contributed by atoms with Crippen molar-refractivity contribution in [1.82, 2.24) is 10.2 Å². The van der Waals surface area contributed by atoms with Crippen LogP contribution in [0.2, 0.25) is 0 Å². The minimum atomic E-state index is -1.86. The lowest BCUT2D eigenvalue weighted by atomic mass is 9.98. The van der Waals surface area contributed by atoms with Crippen LogP contribution in [0.5, 0.6) is 5.75 Å². The first-order valence-corrected chi connectivity index (χ1v) is 8.29. The summed E-state index contributed by atoms with van der Waals surface area (Å²) in [6.07, 6.45) is 3.26. The van der Waals surface area contributed by atoms with Gasteiger partial charge < -0.3 is 10.1 Å². The first-order chi connectivity index (χ1) is 10.9. The summed E-state index contributed by atoms with van der Waals surface area (Å²) >= 11 is 0. The molecule has 1 N–H and O–H groups in total. The smallest absolute Gasteiger partial charge is 0.257 e. The monoisotopic (exact) mass is 320 g/mol. The van der Waals surface area contributed by atoms with Crippen LogP contribution in [0.25, 0.3) is 0 Å². The number of hydrogen-bond donors (Lipinski definition) is 1. The molecule has 23 heavy (non-hydrogen) atoms. The number of benzene rings is 1. The predicted octanol–water partition coefficient (Wildman–Crippen LogP) is 2.84. The fraction of sp³-hybridized carbons (Fsp3) is 0.611. The standard InChI is InChI=1S/C18H25FN2O2/c1-18(2,19)17(22)20-15-9-10-21(13-7-8-13)16(15)12-5-4-6-14(11-12)23-3/h4-6,11,13,15-16H,7-10H2,1-3H3,(H,20,22)/t15-,16+/m0/s1. The van der Waals surface area contributed by atoms with E-state index in [1.54, 1.807) is 7.11 Å². The quantitative estimate of drug-likeness (QED) is 0.907. The van der Waals surface area contributed by atoms with E-state index in [1.165, 1.54) is 26.7 Å². The highest BCUT2D eigenvalue weighted by Crippen LogP contribution is 2.41. The van der Waals surface area contributed by atoms with E-state index in [9.17, 15) is 9.18 Å². The van der Waals surface area contributed by atoms with Crippen molar-refractivity contribution < 1.29 is 13.9 Å². The second-order valence-electron chi connectivity index (χ2n) is 7.03. The minimum Gasteiger partial charge on any atom is -0.497 e. The molecule has 2 aliphatic rings. The van der Waals surface area contributed by atoms with Crippen LogP contribution >= 0.6 is 0 Å². The Balaban J connectivity index is 1.85. The molecule has 1 aliphatic carbocycles. The molecule has 1 amide bonds. The van der Waals surface area contributed by atoms with E-state index >= 15 is 0 Å². The summed E-state index contributed by atoms with van der Waals surface area (Å²) in [7, 11) is 1.65. The third-order valence-corrected chi connectivity index (χ3v) is 4.74. The molecule has 5 heteroatoms. The van der Waals surface area contributed by atoms with Crippen LogP contribution in [-0.2, 0) is 4.79 Å². The molecule has 2 fully saturated rings. The Bertz CT molecular complexity index is 581. The lowest BCUT2D eigenvalue weighted by Crippen LogP contribution is -2.46. The van der Waals surface area contributed by atoms with E-state index in [1.807, 2.05) is 18.2 Å². The second kappa shape index (κ2) is 6.11. The van der Waals surface area contributed by atoms with Crippen LogP contribution in [0.4, 0.5) is 4.39 Å². The summed E-state index contributed by atoms with van der Waals surface area (Å²) in [6.45, 7) is 3.54. The highest BCUT2D eigenvalue weighted by Gasteiger charge is 2.44. The van der Waals surface area contributed by atoms with Crippen molar-refractivity contribution in [2.24, 2.45) is 0 Å². The van der Waals surface area contributed by atoms with E-state index in [-0.39, 0.29) is 12.1 Å². The number of methoxy groups -OCH3 is 1. The SMILES string of the molecule is COc1cccc([C@@H]2[C@@H](NC(=O)C(C)(C)F)CCN2C2CC2)c1. The van der Waals surface area contributed by atoms with Crippen LogP contribution in [0.15, 0.2) is 24.3 Å². The maximum absolute atomic E-state index is 13.9. The van der Waals surface area contributed by atoms with Gasteiger partial charge in [0.25, 0.3) is 5.91 Å². The number of amides is 1. The molecular weight excluding hydrogens is 295 g/mol. The Kier molecular flexibility index (Phi) is 4.32. The molecule has 0 aromatic heterocycles. The predicted molar refractivity (Wildman–Crippen MR) is 87.2 cm³/mol. The Labute approximate surface area is 137 Å². The Morgan fingerprint density at radius 2 is 2.09 bits per heavy atom. The van der Waals surface area contributed by atoms with Gasteiger partial charge in [0.2, 0.25) is 0 Å². The maximum Gasteiger partial charge on any atom is 0.257 e. The van der Waals surface area contributed by atoms with Gasteiger partial charge >= 0.3 is 0 Å². The number of rotatable bonds is 5. The fourth-order valence-electron chi connectivity index (χ4n) is 3.37. The lowest BCUT2D eigenvalue weighted by Gasteiger charge is -2.30. The number of hydrogen-bond acceptors (Lipinski definition) is 3. The summed E-state index contributed by atoms with van der Waals surface area (Å²) in [4.78, 5) is 14.5. The Hall–Kier alpha value is -1.62. The molecule has 0 bridgehead atoms. The zero-order valence-corrected chi connectivity index (χ0v) is 14.0. The van der Waals surface area contributed by atoms with Gasteiger partial charge in [-0.25, -0.2) is 4.39 Å². The van der Waals surface area contributed by atoms with Gasteiger partial charge in [-0.3, -0.25) is 9.69 Å². The summed E-state index contributed by atoms with van der Waals surface area (Å²) in [5.74, 6) is 0.272. The third-order valence-electron chi connectivity index (χ3n) is 4.74. The van der Waals surface area contributed by atoms with Crippen LogP contribution in [0, 0.1) is 0 Å². The summed E-state index contributed by atoms with van der Waals surface area (Å²) in [6, 6.07) is 8.58. The number of ether oxygens (including phenoxy) is 1. The van der Waals surface area contributed by atoms with Crippen molar-refractivity contribution >= 4 is 5.91 Å². The van der Waals surface area contributed by atoms with Gasteiger partial charge in [0.05, 0.1) is 13.2 Å². The van der Waals surface area contributed by atoms with Gasteiger partial charge in [-0.1, -0.05) is 12.1 Å². The molecule has 0 radical (unpaired) electrons. The molecule has 1 aliphatic heterocycles. The normalized spacial score (nSPS) is 25.4. The van der Waals surface area contributed by atoms with E-state index in [0.717, 1.165) is 24.3 Å². The number of nitrogens with zero attached hydrogens (tertiary/aromatic N) is 1. The summed E-state index contributed by atoms with van der Waals surface area (Å²) in [5.41, 5.74) is -0.734.